The van der Waals surface area contributed by atoms with Crippen molar-refractivity contribution >= 4 is 11.6 Å². The number of nitrogens with zero attached hydrogens (tertiary/aromatic N) is 2. The summed E-state index contributed by atoms with van der Waals surface area (Å²) in [6.45, 7) is 3.44. The van der Waals surface area contributed by atoms with Gasteiger partial charge < -0.3 is 5.32 Å². The molecule has 0 radical (unpaired) electrons. The molecule has 0 atom stereocenters. The Hall–Kier alpha value is -2.37. The number of halogens is 2. The predicted octanol–water partition coefficient (Wildman–Crippen LogP) is 3.54. The molecule has 0 spiro atoms. The van der Waals surface area contributed by atoms with E-state index in [-0.39, 0.29) is 11.5 Å². The fourth-order valence-electron chi connectivity index (χ4n) is 1.96. The molecule has 1 aromatic carbocycles. The molecular formula is C15H15F2N3O. The zero-order valence-corrected chi connectivity index (χ0v) is 11.7. The Morgan fingerprint density at radius 2 is 2.00 bits per heavy atom. The van der Waals surface area contributed by atoms with Gasteiger partial charge >= 0.3 is 0 Å². The molecule has 1 heterocycles. The molecule has 0 aliphatic carbocycles. The first-order chi connectivity index (χ1) is 10.0. The van der Waals surface area contributed by atoms with Crippen LogP contribution in [0.25, 0.3) is 0 Å². The highest BCUT2D eigenvalue weighted by molar-refractivity contribution is 6.03. The number of aryl methyl sites for hydroxylation is 2. The zero-order chi connectivity index (χ0) is 15.4. The van der Waals surface area contributed by atoms with Crippen molar-refractivity contribution in [1.29, 1.82) is 0 Å². The average molecular weight is 291 g/mol. The smallest absolute Gasteiger partial charge is 0.280 e. The molecule has 21 heavy (non-hydrogen) atoms. The van der Waals surface area contributed by atoms with Gasteiger partial charge in [0.05, 0.1) is 0 Å². The number of para-hydroxylation sites is 1. The number of alkyl halides is 2. The first-order valence-electron chi connectivity index (χ1n) is 6.54. The Morgan fingerprint density at radius 3 is 2.67 bits per heavy atom. The number of carbonyl (C=O) groups excluding carboxylic acids is 1. The molecule has 0 unspecified atom stereocenters. The van der Waals surface area contributed by atoms with Crippen LogP contribution in [0, 0.1) is 6.92 Å². The third-order valence-electron chi connectivity index (χ3n) is 2.96. The lowest BCUT2D eigenvalue weighted by Crippen LogP contribution is -2.16. The third-order valence-corrected chi connectivity index (χ3v) is 2.96. The second kappa shape index (κ2) is 6.39. The van der Waals surface area contributed by atoms with E-state index >= 15 is 0 Å². The molecule has 1 amide bonds. The number of carbonyl (C=O) groups is 1. The molecular weight excluding hydrogens is 276 g/mol. The number of rotatable bonds is 4. The van der Waals surface area contributed by atoms with Crippen LogP contribution in [0.1, 0.15) is 40.9 Å². The van der Waals surface area contributed by atoms with Gasteiger partial charge in [0.2, 0.25) is 0 Å². The first kappa shape index (κ1) is 15.0. The van der Waals surface area contributed by atoms with Gasteiger partial charge in [0.15, 0.2) is 0 Å². The van der Waals surface area contributed by atoms with Crippen molar-refractivity contribution in [2.75, 3.05) is 5.32 Å². The largest absolute Gasteiger partial charge is 0.320 e. The normalized spacial score (nSPS) is 10.7. The van der Waals surface area contributed by atoms with Gasteiger partial charge in [-0.05, 0) is 31.0 Å². The van der Waals surface area contributed by atoms with Crippen LogP contribution in [0.3, 0.4) is 0 Å². The van der Waals surface area contributed by atoms with Crippen LogP contribution in [0.2, 0.25) is 0 Å². The van der Waals surface area contributed by atoms with Crippen molar-refractivity contribution in [2.24, 2.45) is 0 Å². The third kappa shape index (κ3) is 3.59. The number of anilines is 1. The van der Waals surface area contributed by atoms with E-state index in [1.807, 2.05) is 19.1 Å². The summed E-state index contributed by atoms with van der Waals surface area (Å²) in [5, 5.41) is 2.70. The van der Waals surface area contributed by atoms with Crippen LogP contribution in [0.5, 0.6) is 0 Å². The van der Waals surface area contributed by atoms with Gasteiger partial charge in [-0.1, -0.05) is 25.1 Å². The standard InChI is InChI=1S/C15H15F2N3O/c1-3-10-6-4-5-7-11(10)20-15(21)13-8-12(14(16)17)18-9(2)19-13/h4-8,14H,3H2,1-2H3,(H,20,21). The fraction of sp³-hybridized carbons (Fsp3) is 0.267. The molecule has 0 aliphatic rings. The van der Waals surface area contributed by atoms with E-state index in [2.05, 4.69) is 15.3 Å². The maximum atomic E-state index is 12.7. The summed E-state index contributed by atoms with van der Waals surface area (Å²) in [6.07, 6.45) is -1.98. The van der Waals surface area contributed by atoms with Gasteiger partial charge in [0.25, 0.3) is 12.3 Å². The van der Waals surface area contributed by atoms with Gasteiger partial charge in [0.1, 0.15) is 17.2 Å². The number of nitrogens with one attached hydrogen (secondary N) is 1. The van der Waals surface area contributed by atoms with Crippen LogP contribution >= 0.6 is 0 Å². The minimum Gasteiger partial charge on any atom is -0.320 e. The van der Waals surface area contributed by atoms with Gasteiger partial charge in [0, 0.05) is 5.69 Å². The van der Waals surface area contributed by atoms with Gasteiger partial charge in [-0.3, -0.25) is 4.79 Å². The highest BCUT2D eigenvalue weighted by Crippen LogP contribution is 2.19. The number of amides is 1. The number of benzene rings is 1. The highest BCUT2D eigenvalue weighted by atomic mass is 19.3. The number of hydrogen-bond donors (Lipinski definition) is 1. The second-order valence-corrected chi connectivity index (χ2v) is 4.49. The van der Waals surface area contributed by atoms with Crippen LogP contribution in [-0.2, 0) is 6.42 Å². The summed E-state index contributed by atoms with van der Waals surface area (Å²) in [6, 6.07) is 8.34. The van der Waals surface area contributed by atoms with Gasteiger partial charge in [-0.2, -0.15) is 0 Å². The lowest BCUT2D eigenvalue weighted by Gasteiger charge is -2.10. The first-order valence-corrected chi connectivity index (χ1v) is 6.54. The monoisotopic (exact) mass is 291 g/mol. The maximum absolute atomic E-state index is 12.7. The SMILES string of the molecule is CCc1ccccc1NC(=O)c1cc(C(F)F)nc(C)n1. The van der Waals surface area contributed by atoms with Crippen molar-refractivity contribution in [3.8, 4) is 0 Å². The maximum Gasteiger partial charge on any atom is 0.280 e. The summed E-state index contributed by atoms with van der Waals surface area (Å²) in [5.74, 6) is -0.384. The topological polar surface area (TPSA) is 54.9 Å². The van der Waals surface area contributed by atoms with E-state index in [9.17, 15) is 13.6 Å². The fourth-order valence-corrected chi connectivity index (χ4v) is 1.96. The molecule has 6 heteroatoms. The van der Waals surface area contributed by atoms with E-state index in [1.54, 1.807) is 12.1 Å². The highest BCUT2D eigenvalue weighted by Gasteiger charge is 2.16. The second-order valence-electron chi connectivity index (χ2n) is 4.49. The molecule has 0 saturated heterocycles. The quantitative estimate of drug-likeness (QED) is 0.937. The predicted molar refractivity (Wildman–Crippen MR) is 75.5 cm³/mol. The van der Waals surface area contributed by atoms with Crippen LogP contribution in [0.4, 0.5) is 14.5 Å². The molecule has 1 aromatic heterocycles. The Labute approximate surface area is 121 Å². The van der Waals surface area contributed by atoms with Crippen molar-refractivity contribution < 1.29 is 13.6 Å². The summed E-state index contributed by atoms with van der Waals surface area (Å²) < 4.78 is 25.4. The lowest BCUT2D eigenvalue weighted by atomic mass is 10.1. The van der Waals surface area contributed by atoms with Crippen LogP contribution in [0.15, 0.2) is 30.3 Å². The molecule has 2 aromatic rings. The van der Waals surface area contributed by atoms with Crippen LogP contribution in [-0.4, -0.2) is 15.9 Å². The molecule has 4 nitrogen and oxygen atoms in total. The van der Waals surface area contributed by atoms with E-state index < -0.39 is 18.0 Å². The summed E-state index contributed by atoms with van der Waals surface area (Å²) in [7, 11) is 0. The van der Waals surface area contributed by atoms with Crippen molar-refractivity contribution in [2.45, 2.75) is 26.7 Å². The summed E-state index contributed by atoms with van der Waals surface area (Å²) >= 11 is 0. The number of hydrogen-bond acceptors (Lipinski definition) is 3. The molecule has 0 saturated carbocycles. The molecule has 110 valence electrons. The van der Waals surface area contributed by atoms with Gasteiger partial charge in [-0.25, -0.2) is 18.7 Å². The summed E-state index contributed by atoms with van der Waals surface area (Å²) in [4.78, 5) is 19.7. The molecule has 0 aliphatic heterocycles. The minimum atomic E-state index is -2.74. The Morgan fingerprint density at radius 1 is 1.29 bits per heavy atom. The average Bonchev–Trinajstić information content (AvgIpc) is 2.47. The zero-order valence-electron chi connectivity index (χ0n) is 11.7. The summed E-state index contributed by atoms with van der Waals surface area (Å²) in [5.41, 5.74) is 1.10. The Balaban J connectivity index is 2.28. The molecule has 0 bridgehead atoms. The Bertz CT molecular complexity index is 659. The van der Waals surface area contributed by atoms with Crippen molar-refractivity contribution in [3.63, 3.8) is 0 Å². The minimum absolute atomic E-state index is 0.0660. The molecule has 2 rings (SSSR count). The molecule has 1 N–H and O–H groups in total. The van der Waals surface area contributed by atoms with Crippen molar-refractivity contribution in [3.05, 3.63) is 53.1 Å². The van der Waals surface area contributed by atoms with E-state index in [1.165, 1.54) is 6.92 Å². The van der Waals surface area contributed by atoms with E-state index in [4.69, 9.17) is 0 Å². The molecule has 0 fully saturated rings. The van der Waals surface area contributed by atoms with E-state index in [0.29, 0.717) is 5.69 Å². The van der Waals surface area contributed by atoms with E-state index in [0.717, 1.165) is 18.1 Å². The van der Waals surface area contributed by atoms with Crippen LogP contribution < -0.4 is 5.32 Å². The number of aromatic nitrogens is 2. The van der Waals surface area contributed by atoms with Crippen molar-refractivity contribution in [1.82, 2.24) is 9.97 Å². The lowest BCUT2D eigenvalue weighted by molar-refractivity contribution is 0.102. The Kier molecular flexibility index (Phi) is 4.57. The van der Waals surface area contributed by atoms with Gasteiger partial charge in [-0.15, -0.1) is 0 Å².